The van der Waals surface area contributed by atoms with Crippen LogP contribution < -0.4 is 30.2 Å². The number of nitriles is 1. The molecule has 2 heterocycles. The van der Waals surface area contributed by atoms with Gasteiger partial charge in [-0.3, -0.25) is 19.3 Å². The van der Waals surface area contributed by atoms with Gasteiger partial charge in [0.2, 0.25) is 5.91 Å². The fraction of sp³-hybridized carbons (Fsp3) is 0.190. The van der Waals surface area contributed by atoms with Crippen LogP contribution in [0.25, 0.3) is 6.08 Å². The number of ether oxygens (including phenoxy) is 3. The van der Waals surface area contributed by atoms with E-state index in [2.05, 4.69) is 39.1 Å². The van der Waals surface area contributed by atoms with E-state index in [4.69, 9.17) is 14.2 Å². The number of thioether (sulfide) groups is 1. The summed E-state index contributed by atoms with van der Waals surface area (Å²) in [5.74, 6) is 0.00996. The van der Waals surface area contributed by atoms with E-state index >= 15 is 0 Å². The highest BCUT2D eigenvalue weighted by Crippen LogP contribution is 2.38. The highest BCUT2D eigenvalue weighted by Gasteiger charge is 2.25. The number of hydrogen-bond donors (Lipinski definition) is 3. The molecule has 0 saturated heterocycles. The third kappa shape index (κ3) is 9.73. The van der Waals surface area contributed by atoms with Crippen molar-refractivity contribution in [3.05, 3.63) is 135 Å². The van der Waals surface area contributed by atoms with Crippen molar-refractivity contribution in [2.75, 3.05) is 44.3 Å². The molecule has 4 aromatic carbocycles. The maximum absolute atomic E-state index is 13.8. The zero-order valence-electron chi connectivity index (χ0n) is 30.5. The first kappa shape index (κ1) is 38.6. The molecule has 1 aromatic heterocycles. The third-order valence-electron chi connectivity index (χ3n) is 8.78. The molecule has 0 spiro atoms. The van der Waals surface area contributed by atoms with E-state index in [1.165, 1.54) is 56.1 Å². The van der Waals surface area contributed by atoms with Crippen LogP contribution in [0.5, 0.6) is 17.2 Å². The lowest BCUT2D eigenvalue weighted by molar-refractivity contribution is -0.114. The van der Waals surface area contributed by atoms with Crippen molar-refractivity contribution in [2.24, 2.45) is 0 Å². The van der Waals surface area contributed by atoms with Crippen molar-refractivity contribution >= 4 is 57.6 Å². The predicted octanol–water partition coefficient (Wildman–Crippen LogP) is 7.34. The normalized spacial score (nSPS) is 12.5. The molecular formula is C42H39N5O6S2. The van der Waals surface area contributed by atoms with Gasteiger partial charge in [-0.2, -0.15) is 5.26 Å². The van der Waals surface area contributed by atoms with Crippen LogP contribution in [0.2, 0.25) is 0 Å². The second-order valence-electron chi connectivity index (χ2n) is 12.4. The molecule has 13 heteroatoms. The monoisotopic (exact) mass is 773 g/mol. The summed E-state index contributed by atoms with van der Waals surface area (Å²) in [6.45, 7) is 2.39. The van der Waals surface area contributed by atoms with Gasteiger partial charge in [0.15, 0.2) is 11.5 Å². The smallest absolute Gasteiger partial charge is 0.272 e. The van der Waals surface area contributed by atoms with Crippen LogP contribution >= 0.6 is 23.1 Å². The number of rotatable bonds is 14. The SMILES string of the molecule is COc1cc(OC)c(OC)cc1/C=C(/NC(=O)c1ccccc1)C(=O)Nc1cccc(SCC(=O)Nc2sc3c(c2C#N)CCN(Cc2ccccc2)C3)c1. The van der Waals surface area contributed by atoms with Crippen molar-refractivity contribution in [3.8, 4) is 23.3 Å². The topological polar surface area (TPSA) is 142 Å². The number of fused-ring (bicyclic) bond motifs is 1. The highest BCUT2D eigenvalue weighted by atomic mass is 32.2. The van der Waals surface area contributed by atoms with Crippen LogP contribution in [0, 0.1) is 11.3 Å². The van der Waals surface area contributed by atoms with Crippen molar-refractivity contribution < 1.29 is 28.6 Å². The minimum Gasteiger partial charge on any atom is -0.496 e. The summed E-state index contributed by atoms with van der Waals surface area (Å²) in [5.41, 5.74) is 4.02. The molecule has 0 radical (unpaired) electrons. The number of thiophene rings is 1. The average molecular weight is 774 g/mol. The van der Waals surface area contributed by atoms with Gasteiger partial charge in [-0.05, 0) is 60.0 Å². The standard InChI is InChI=1S/C42H39N5O6S2/c1-51-35-22-37(53-3)36(52-2)20-29(35)19-34(45-40(49)28-13-8-5-9-14-28)41(50)44-30-15-10-16-31(21-30)54-26-39(48)46-42-33(23-43)32-17-18-47(25-38(32)55-42)24-27-11-6-4-7-12-27/h4-16,19-22H,17-18,24-26H2,1-3H3,(H,44,50)(H,45,49)(H,46,48)/b34-19+. The maximum atomic E-state index is 13.8. The zero-order valence-corrected chi connectivity index (χ0v) is 32.1. The molecule has 0 aliphatic carbocycles. The van der Waals surface area contributed by atoms with Crippen LogP contribution in [0.3, 0.4) is 0 Å². The predicted molar refractivity (Wildman–Crippen MR) is 216 cm³/mol. The van der Waals surface area contributed by atoms with Crippen LogP contribution in [0.4, 0.5) is 10.7 Å². The van der Waals surface area contributed by atoms with Gasteiger partial charge in [0.1, 0.15) is 22.5 Å². The van der Waals surface area contributed by atoms with Gasteiger partial charge in [0.25, 0.3) is 11.8 Å². The summed E-state index contributed by atoms with van der Waals surface area (Å²) < 4.78 is 16.4. The number of anilines is 2. The number of carbonyl (C=O) groups excluding carboxylic acids is 3. The Labute approximate surface area is 327 Å². The first-order valence-electron chi connectivity index (χ1n) is 17.3. The number of carbonyl (C=O) groups is 3. The van der Waals surface area contributed by atoms with Gasteiger partial charge in [0, 0.05) is 52.3 Å². The molecule has 55 heavy (non-hydrogen) atoms. The molecular weight excluding hydrogens is 735 g/mol. The van der Waals surface area contributed by atoms with Gasteiger partial charge in [-0.25, -0.2) is 0 Å². The molecule has 5 aromatic rings. The zero-order chi connectivity index (χ0) is 38.7. The third-order valence-corrected chi connectivity index (χ3v) is 10.9. The average Bonchev–Trinajstić information content (AvgIpc) is 3.56. The number of benzene rings is 4. The molecule has 3 N–H and O–H groups in total. The summed E-state index contributed by atoms with van der Waals surface area (Å²) in [6, 6.07) is 31.5. The Hall–Kier alpha value is -6.07. The number of hydrogen-bond acceptors (Lipinski definition) is 10. The maximum Gasteiger partial charge on any atom is 0.272 e. The fourth-order valence-electron chi connectivity index (χ4n) is 6.08. The summed E-state index contributed by atoms with van der Waals surface area (Å²) >= 11 is 2.76. The Balaban J connectivity index is 1.13. The van der Waals surface area contributed by atoms with Gasteiger partial charge in [0.05, 0.1) is 32.6 Å². The summed E-state index contributed by atoms with van der Waals surface area (Å²) in [4.78, 5) is 44.4. The summed E-state index contributed by atoms with van der Waals surface area (Å²) in [5, 5.41) is 19.1. The Morgan fingerprint density at radius 3 is 2.29 bits per heavy atom. The van der Waals surface area contributed by atoms with E-state index in [1.54, 1.807) is 60.7 Å². The van der Waals surface area contributed by atoms with Gasteiger partial charge in [-0.1, -0.05) is 54.6 Å². The van der Waals surface area contributed by atoms with Gasteiger partial charge < -0.3 is 30.2 Å². The Kier molecular flexibility index (Phi) is 12.9. The first-order chi connectivity index (χ1) is 26.8. The number of methoxy groups -OCH3 is 3. The van der Waals surface area contributed by atoms with E-state index in [0.29, 0.717) is 44.6 Å². The molecule has 280 valence electrons. The van der Waals surface area contributed by atoms with Crippen molar-refractivity contribution in [1.29, 1.82) is 5.26 Å². The first-order valence-corrected chi connectivity index (χ1v) is 19.1. The van der Waals surface area contributed by atoms with Crippen LogP contribution in [0.15, 0.2) is 108 Å². The quantitative estimate of drug-likeness (QED) is 0.0781. The molecule has 0 fully saturated rings. The fourth-order valence-corrected chi connectivity index (χ4v) is 8.09. The van der Waals surface area contributed by atoms with Gasteiger partial charge >= 0.3 is 0 Å². The second kappa shape index (κ2) is 18.3. The molecule has 0 atom stereocenters. The van der Waals surface area contributed by atoms with Crippen molar-refractivity contribution in [3.63, 3.8) is 0 Å². The summed E-state index contributed by atoms with van der Waals surface area (Å²) in [7, 11) is 4.49. The molecule has 0 unspecified atom stereocenters. The summed E-state index contributed by atoms with van der Waals surface area (Å²) in [6.07, 6.45) is 2.25. The number of amides is 3. The molecule has 11 nitrogen and oxygen atoms in total. The lowest BCUT2D eigenvalue weighted by Gasteiger charge is -2.26. The van der Waals surface area contributed by atoms with Crippen LogP contribution in [-0.2, 0) is 29.1 Å². The molecule has 1 aliphatic heterocycles. The Bertz CT molecular complexity index is 2250. The Morgan fingerprint density at radius 1 is 0.873 bits per heavy atom. The minimum atomic E-state index is -0.589. The molecule has 6 rings (SSSR count). The highest BCUT2D eigenvalue weighted by molar-refractivity contribution is 8.00. The van der Waals surface area contributed by atoms with Crippen LogP contribution in [0.1, 0.15) is 37.5 Å². The lowest BCUT2D eigenvalue weighted by atomic mass is 10.0. The molecule has 1 aliphatic rings. The van der Waals surface area contributed by atoms with Crippen LogP contribution in [-0.4, -0.2) is 56.2 Å². The van der Waals surface area contributed by atoms with E-state index in [1.807, 2.05) is 24.3 Å². The second-order valence-corrected chi connectivity index (χ2v) is 14.6. The number of nitrogens with one attached hydrogen (secondary N) is 3. The van der Waals surface area contributed by atoms with E-state index in [9.17, 15) is 19.6 Å². The van der Waals surface area contributed by atoms with Crippen molar-refractivity contribution in [1.82, 2.24) is 10.2 Å². The van der Waals surface area contributed by atoms with Gasteiger partial charge in [-0.15, -0.1) is 23.1 Å². The van der Waals surface area contributed by atoms with Crippen molar-refractivity contribution in [2.45, 2.75) is 24.4 Å². The van der Waals surface area contributed by atoms with E-state index < -0.39 is 11.8 Å². The largest absolute Gasteiger partial charge is 0.496 e. The molecule has 3 amide bonds. The minimum absolute atomic E-state index is 0.0491. The van der Waals surface area contributed by atoms with E-state index in [-0.39, 0.29) is 17.4 Å². The Morgan fingerprint density at radius 2 is 1.58 bits per heavy atom. The lowest BCUT2D eigenvalue weighted by Crippen LogP contribution is -2.30. The van der Waals surface area contributed by atoms with E-state index in [0.717, 1.165) is 41.4 Å². The molecule has 0 saturated carbocycles. The number of nitrogens with zero attached hydrogens (tertiary/aromatic N) is 2. The molecule has 0 bridgehead atoms.